The Bertz CT molecular complexity index is 961. The van der Waals surface area contributed by atoms with Gasteiger partial charge in [-0.3, -0.25) is 4.90 Å². The van der Waals surface area contributed by atoms with Crippen molar-refractivity contribution in [3.63, 3.8) is 0 Å². The number of carbonyl (C=O) groups excluding carboxylic acids is 1. The maximum absolute atomic E-state index is 12.8. The summed E-state index contributed by atoms with van der Waals surface area (Å²) in [5, 5.41) is 9.93. The molecule has 0 spiro atoms. The van der Waals surface area contributed by atoms with Crippen LogP contribution in [0.2, 0.25) is 0 Å². The van der Waals surface area contributed by atoms with Crippen LogP contribution in [0, 0.1) is 11.3 Å². The smallest absolute Gasteiger partial charge is 0.338 e. The van der Waals surface area contributed by atoms with Crippen molar-refractivity contribution in [1.29, 1.82) is 5.26 Å². The number of benzene rings is 1. The van der Waals surface area contributed by atoms with Gasteiger partial charge in [0.15, 0.2) is 5.17 Å². The number of aliphatic imine (C=N–C) groups is 1. The lowest BCUT2D eigenvalue weighted by molar-refractivity contribution is -0.139. The molecule has 0 bridgehead atoms. The molecule has 0 radical (unpaired) electrons. The largest absolute Gasteiger partial charge is 0.497 e. The second-order valence-electron chi connectivity index (χ2n) is 5.92. The van der Waals surface area contributed by atoms with E-state index in [1.54, 1.807) is 44.1 Å². The van der Waals surface area contributed by atoms with Crippen LogP contribution in [-0.4, -0.2) is 36.9 Å². The summed E-state index contributed by atoms with van der Waals surface area (Å²) in [5.41, 5.74) is 7.77. The molecule has 1 atom stereocenters. The van der Waals surface area contributed by atoms with Crippen molar-refractivity contribution in [1.82, 2.24) is 4.90 Å². The summed E-state index contributed by atoms with van der Waals surface area (Å²) in [6.07, 6.45) is 0. The van der Waals surface area contributed by atoms with Gasteiger partial charge in [0.1, 0.15) is 34.3 Å². The van der Waals surface area contributed by atoms with Crippen LogP contribution in [0.3, 0.4) is 0 Å². The van der Waals surface area contributed by atoms with Crippen LogP contribution < -0.4 is 15.2 Å². The molecular weight excluding hydrogens is 380 g/mol. The predicted octanol–water partition coefficient (Wildman–Crippen LogP) is 2.65. The normalized spacial score (nSPS) is 18.5. The van der Waals surface area contributed by atoms with Crippen molar-refractivity contribution < 1.29 is 19.0 Å². The molecule has 0 fully saturated rings. The molecule has 1 aromatic carbocycles. The third kappa shape index (κ3) is 3.16. The minimum Gasteiger partial charge on any atom is -0.497 e. The third-order valence-electron chi connectivity index (χ3n) is 4.41. The molecule has 1 aromatic rings. The van der Waals surface area contributed by atoms with Crippen LogP contribution in [0.1, 0.15) is 25.5 Å². The molecule has 0 unspecified atom stereocenters. The molecule has 0 aliphatic carbocycles. The highest BCUT2D eigenvalue weighted by Gasteiger charge is 2.43. The topological polar surface area (TPSA) is 110 Å². The number of hydrogen-bond donors (Lipinski definition) is 1. The highest BCUT2D eigenvalue weighted by atomic mass is 32.2. The van der Waals surface area contributed by atoms with Crippen molar-refractivity contribution in [2.75, 3.05) is 20.8 Å². The molecule has 0 saturated heterocycles. The number of esters is 1. The first-order valence-electron chi connectivity index (χ1n) is 8.52. The minimum atomic E-state index is -0.647. The van der Waals surface area contributed by atoms with E-state index >= 15 is 0 Å². The van der Waals surface area contributed by atoms with Crippen LogP contribution in [0.4, 0.5) is 0 Å². The molecular formula is C19H20N4O4S. The summed E-state index contributed by atoms with van der Waals surface area (Å²) in [5.74, 6) is 0.876. The standard InChI is InChI=1S/C19H20N4O4S/c1-5-27-18(24)15-10(2)22-19-23(17(21)14(9-20)28-19)16(15)12-7-6-11(25-3)8-13(12)26-4/h6-8,16H,5,21H2,1-4H3/t16-/m0/s1. The average Bonchev–Trinajstić information content (AvgIpc) is 3.01. The summed E-state index contributed by atoms with van der Waals surface area (Å²) in [6, 6.07) is 6.74. The molecule has 146 valence electrons. The lowest BCUT2D eigenvalue weighted by atomic mass is 9.93. The summed E-state index contributed by atoms with van der Waals surface area (Å²) in [4.78, 5) is 19.3. The molecule has 2 aliphatic heterocycles. The second-order valence-corrected chi connectivity index (χ2v) is 6.90. The molecule has 2 heterocycles. The number of allylic oxidation sites excluding steroid dienone is 2. The van der Waals surface area contributed by atoms with Gasteiger partial charge in [-0.1, -0.05) is 0 Å². The van der Waals surface area contributed by atoms with E-state index in [1.807, 2.05) is 0 Å². The van der Waals surface area contributed by atoms with Crippen LogP contribution in [0.25, 0.3) is 0 Å². The first-order chi connectivity index (χ1) is 13.5. The number of nitrogens with two attached hydrogens (primary N) is 1. The lowest BCUT2D eigenvalue weighted by Crippen LogP contribution is -2.39. The van der Waals surface area contributed by atoms with Gasteiger partial charge in [-0.15, -0.1) is 0 Å². The molecule has 3 rings (SSSR count). The number of nitriles is 1. The van der Waals surface area contributed by atoms with E-state index < -0.39 is 12.0 Å². The van der Waals surface area contributed by atoms with Gasteiger partial charge in [0.2, 0.25) is 0 Å². The Kier molecular flexibility index (Phi) is 5.51. The van der Waals surface area contributed by atoms with Gasteiger partial charge in [0.05, 0.1) is 32.1 Å². The molecule has 2 aliphatic rings. The Morgan fingerprint density at radius 1 is 1.39 bits per heavy atom. The highest BCUT2D eigenvalue weighted by Crippen LogP contribution is 2.47. The monoisotopic (exact) mass is 400 g/mol. The molecule has 8 nitrogen and oxygen atoms in total. The zero-order valence-electron chi connectivity index (χ0n) is 16.0. The van der Waals surface area contributed by atoms with E-state index in [2.05, 4.69) is 11.1 Å². The van der Waals surface area contributed by atoms with Crippen molar-refractivity contribution in [3.8, 4) is 17.6 Å². The molecule has 0 saturated carbocycles. The number of carbonyl (C=O) groups is 1. The molecule has 0 aromatic heterocycles. The Hall–Kier alpha value is -3.12. The zero-order chi connectivity index (χ0) is 20.4. The van der Waals surface area contributed by atoms with Gasteiger partial charge >= 0.3 is 5.97 Å². The molecule has 2 N–H and O–H groups in total. The third-order valence-corrected chi connectivity index (χ3v) is 5.38. The lowest BCUT2D eigenvalue weighted by Gasteiger charge is -2.35. The van der Waals surface area contributed by atoms with Crippen molar-refractivity contribution in [2.24, 2.45) is 10.7 Å². The van der Waals surface area contributed by atoms with Crippen molar-refractivity contribution >= 4 is 22.9 Å². The number of thioether (sulfide) groups is 1. The SMILES string of the molecule is CCOC(=O)C1=C(C)N=C2SC(C#N)=C(N)N2[C@H]1c1ccc(OC)cc1OC. The molecule has 28 heavy (non-hydrogen) atoms. The Morgan fingerprint density at radius 2 is 2.14 bits per heavy atom. The number of nitrogens with zero attached hydrogens (tertiary/aromatic N) is 3. The van der Waals surface area contributed by atoms with Gasteiger partial charge < -0.3 is 19.9 Å². The van der Waals surface area contributed by atoms with Gasteiger partial charge in [0.25, 0.3) is 0 Å². The maximum Gasteiger partial charge on any atom is 0.338 e. The Balaban J connectivity index is 2.24. The van der Waals surface area contributed by atoms with Crippen LogP contribution in [0.15, 0.2) is 45.2 Å². The van der Waals surface area contributed by atoms with Gasteiger partial charge in [-0.2, -0.15) is 5.26 Å². The fourth-order valence-corrected chi connectivity index (χ4v) is 4.07. The first kappa shape index (κ1) is 19.6. The van der Waals surface area contributed by atoms with Crippen molar-refractivity contribution in [2.45, 2.75) is 19.9 Å². The summed E-state index contributed by atoms with van der Waals surface area (Å²) < 4.78 is 16.1. The summed E-state index contributed by atoms with van der Waals surface area (Å²) in [6.45, 7) is 3.70. The van der Waals surface area contributed by atoms with Gasteiger partial charge in [-0.05, 0) is 37.7 Å². The predicted molar refractivity (Wildman–Crippen MR) is 105 cm³/mol. The fraction of sp³-hybridized carbons (Fsp3) is 0.316. The fourth-order valence-electron chi connectivity index (χ4n) is 3.15. The van der Waals surface area contributed by atoms with E-state index in [-0.39, 0.29) is 12.4 Å². The van der Waals surface area contributed by atoms with Gasteiger partial charge in [0, 0.05) is 11.6 Å². The number of methoxy groups -OCH3 is 2. The number of amidine groups is 1. The van der Waals surface area contributed by atoms with Gasteiger partial charge in [-0.25, -0.2) is 9.79 Å². The maximum atomic E-state index is 12.8. The van der Waals surface area contributed by atoms with E-state index in [0.717, 1.165) is 0 Å². The number of rotatable bonds is 5. The van der Waals surface area contributed by atoms with E-state index in [9.17, 15) is 10.1 Å². The van der Waals surface area contributed by atoms with Crippen LogP contribution in [0.5, 0.6) is 11.5 Å². The summed E-state index contributed by atoms with van der Waals surface area (Å²) in [7, 11) is 3.10. The zero-order valence-corrected chi connectivity index (χ0v) is 16.8. The quantitative estimate of drug-likeness (QED) is 0.751. The number of fused-ring (bicyclic) bond motifs is 1. The number of hydrogen-bond acceptors (Lipinski definition) is 9. The molecule has 0 amide bonds. The molecule has 9 heteroatoms. The first-order valence-corrected chi connectivity index (χ1v) is 9.33. The minimum absolute atomic E-state index is 0.224. The van der Waals surface area contributed by atoms with E-state index in [0.29, 0.717) is 38.4 Å². The summed E-state index contributed by atoms with van der Waals surface area (Å²) >= 11 is 1.17. The number of ether oxygens (including phenoxy) is 3. The van der Waals surface area contributed by atoms with E-state index in [1.165, 1.54) is 18.9 Å². The second kappa shape index (κ2) is 7.86. The Labute approximate surface area is 167 Å². The highest BCUT2D eigenvalue weighted by molar-refractivity contribution is 8.17. The van der Waals surface area contributed by atoms with Crippen LogP contribution in [-0.2, 0) is 9.53 Å². The van der Waals surface area contributed by atoms with Crippen molar-refractivity contribution in [3.05, 3.63) is 45.8 Å². The van der Waals surface area contributed by atoms with Crippen LogP contribution >= 0.6 is 11.8 Å². The van der Waals surface area contributed by atoms with E-state index in [4.69, 9.17) is 19.9 Å². The Morgan fingerprint density at radius 3 is 2.75 bits per heavy atom. The average molecular weight is 400 g/mol.